The van der Waals surface area contributed by atoms with E-state index < -0.39 is 17.8 Å². The van der Waals surface area contributed by atoms with Gasteiger partial charge in [-0.25, -0.2) is 0 Å². The summed E-state index contributed by atoms with van der Waals surface area (Å²) in [5, 5.41) is 9.89. The zero-order valence-corrected chi connectivity index (χ0v) is 8.70. The van der Waals surface area contributed by atoms with Crippen molar-refractivity contribution in [1.82, 2.24) is 4.98 Å². The minimum absolute atomic E-state index is 0.233. The number of nitrogens with one attached hydrogen (secondary N) is 1. The molecule has 0 radical (unpaired) electrons. The van der Waals surface area contributed by atoms with E-state index in [0.717, 1.165) is 6.07 Å². The first kappa shape index (κ1) is 11.7. The van der Waals surface area contributed by atoms with Crippen molar-refractivity contribution in [2.45, 2.75) is 12.3 Å². The molecule has 1 atom stereocenters. The molecule has 0 bridgehead atoms. The van der Waals surface area contributed by atoms with Gasteiger partial charge in [0.2, 0.25) is 0 Å². The summed E-state index contributed by atoms with van der Waals surface area (Å²) in [4.78, 5) is 2.44. The Bertz CT molecular complexity index is 490. The average Bonchev–Trinajstić information content (AvgIpc) is 2.78. The molecule has 1 aromatic carbocycles. The molecular formula is C12H10F3NO. The first-order valence-electron chi connectivity index (χ1n) is 4.97. The molecule has 90 valence electrons. The van der Waals surface area contributed by atoms with Crippen LogP contribution in [0.4, 0.5) is 13.2 Å². The smallest absolute Gasteiger partial charge is 0.382 e. The number of hydrogen-bond donors (Lipinski definition) is 2. The van der Waals surface area contributed by atoms with Crippen LogP contribution >= 0.6 is 0 Å². The molecule has 2 rings (SSSR count). The largest absolute Gasteiger partial charge is 0.418 e. The Hall–Kier alpha value is -1.75. The Morgan fingerprint density at radius 1 is 1.06 bits per heavy atom. The molecule has 5 heteroatoms. The van der Waals surface area contributed by atoms with Crippen LogP contribution in [0.2, 0.25) is 0 Å². The first-order chi connectivity index (χ1) is 8.00. The van der Waals surface area contributed by atoms with Crippen LogP contribution in [0.5, 0.6) is 0 Å². The predicted octanol–water partition coefficient (Wildman–Crippen LogP) is 3.12. The van der Waals surface area contributed by atoms with Gasteiger partial charge in [0, 0.05) is 6.20 Å². The van der Waals surface area contributed by atoms with Gasteiger partial charge in [-0.2, -0.15) is 13.2 Å². The Morgan fingerprint density at radius 2 is 1.71 bits per heavy atom. The number of H-pyrrole nitrogens is 1. The summed E-state index contributed by atoms with van der Waals surface area (Å²) < 4.78 is 37.9. The normalized spacial score (nSPS) is 13.6. The molecule has 0 aliphatic heterocycles. The van der Waals surface area contributed by atoms with Crippen LogP contribution in [0, 0.1) is 0 Å². The van der Waals surface area contributed by atoms with Crippen LogP contribution in [0.15, 0.2) is 42.6 Å². The summed E-state index contributed by atoms with van der Waals surface area (Å²) in [5.41, 5.74) is -0.655. The van der Waals surface area contributed by atoms with Crippen molar-refractivity contribution in [3.8, 4) is 0 Å². The van der Waals surface area contributed by atoms with Gasteiger partial charge in [0.05, 0.1) is 11.3 Å². The number of aromatic amines is 1. The summed E-state index contributed by atoms with van der Waals surface area (Å²) in [6.45, 7) is 0. The monoisotopic (exact) mass is 241 g/mol. The van der Waals surface area contributed by atoms with E-state index in [0.29, 0.717) is 5.56 Å². The summed E-state index contributed by atoms with van der Waals surface area (Å²) in [5.74, 6) is 0. The highest BCUT2D eigenvalue weighted by Gasteiger charge is 2.36. The van der Waals surface area contributed by atoms with Crippen molar-refractivity contribution < 1.29 is 18.3 Å². The summed E-state index contributed by atoms with van der Waals surface area (Å²) in [6, 6.07) is 9.12. The lowest BCUT2D eigenvalue weighted by Gasteiger charge is -2.13. The van der Waals surface area contributed by atoms with Crippen molar-refractivity contribution in [1.29, 1.82) is 0 Å². The zero-order valence-electron chi connectivity index (χ0n) is 8.70. The Morgan fingerprint density at radius 3 is 2.29 bits per heavy atom. The summed E-state index contributed by atoms with van der Waals surface area (Å²) >= 11 is 0. The van der Waals surface area contributed by atoms with Crippen LogP contribution in [0.25, 0.3) is 0 Å². The number of aliphatic hydroxyl groups is 1. The minimum Gasteiger partial charge on any atom is -0.382 e. The number of benzene rings is 1. The third kappa shape index (κ3) is 2.34. The number of aromatic nitrogens is 1. The second kappa shape index (κ2) is 4.25. The molecule has 0 aliphatic rings. The molecule has 0 aliphatic carbocycles. The third-order valence-electron chi connectivity index (χ3n) is 2.47. The molecule has 0 fully saturated rings. The molecule has 2 N–H and O–H groups in total. The van der Waals surface area contributed by atoms with E-state index in [-0.39, 0.29) is 5.69 Å². The number of hydrogen-bond acceptors (Lipinski definition) is 1. The minimum atomic E-state index is -4.47. The maximum absolute atomic E-state index is 12.6. The summed E-state index contributed by atoms with van der Waals surface area (Å²) in [6.07, 6.45) is -4.60. The topological polar surface area (TPSA) is 36.0 Å². The summed E-state index contributed by atoms with van der Waals surface area (Å²) in [7, 11) is 0. The van der Waals surface area contributed by atoms with Gasteiger partial charge < -0.3 is 10.1 Å². The van der Waals surface area contributed by atoms with Crippen LogP contribution < -0.4 is 0 Å². The van der Waals surface area contributed by atoms with E-state index >= 15 is 0 Å². The molecule has 0 saturated carbocycles. The predicted molar refractivity (Wildman–Crippen MR) is 56.3 cm³/mol. The Balaban J connectivity index is 2.39. The van der Waals surface area contributed by atoms with Gasteiger partial charge in [-0.3, -0.25) is 0 Å². The molecule has 2 nitrogen and oxygen atoms in total. The van der Waals surface area contributed by atoms with E-state index in [4.69, 9.17) is 0 Å². The fourth-order valence-electron chi connectivity index (χ4n) is 1.66. The maximum atomic E-state index is 12.6. The lowest BCUT2D eigenvalue weighted by Crippen LogP contribution is -2.11. The molecule has 1 unspecified atom stereocenters. The second-order valence-electron chi connectivity index (χ2n) is 3.62. The van der Waals surface area contributed by atoms with Gasteiger partial charge in [-0.1, -0.05) is 30.3 Å². The van der Waals surface area contributed by atoms with Crippen LogP contribution in [-0.4, -0.2) is 10.1 Å². The molecule has 17 heavy (non-hydrogen) atoms. The van der Waals surface area contributed by atoms with E-state index in [1.807, 2.05) is 0 Å². The van der Waals surface area contributed by atoms with Crippen molar-refractivity contribution >= 4 is 0 Å². The molecule has 1 aromatic heterocycles. The van der Waals surface area contributed by atoms with E-state index in [1.54, 1.807) is 30.3 Å². The van der Waals surface area contributed by atoms with E-state index in [1.165, 1.54) is 6.20 Å². The fourth-order valence-corrected chi connectivity index (χ4v) is 1.66. The molecule has 0 saturated heterocycles. The SMILES string of the molecule is OC(c1ccccc1)c1[nH]ccc1C(F)(F)F. The zero-order chi connectivity index (χ0) is 12.5. The molecule has 1 heterocycles. The molecule has 0 spiro atoms. The Kier molecular flexibility index (Phi) is 2.93. The van der Waals surface area contributed by atoms with Gasteiger partial charge in [0.1, 0.15) is 6.10 Å². The standard InChI is InChI=1S/C12H10F3NO/c13-12(14,15)9-6-7-16-10(9)11(17)8-4-2-1-3-5-8/h1-7,11,16-17H. The van der Waals surface area contributed by atoms with E-state index in [9.17, 15) is 18.3 Å². The van der Waals surface area contributed by atoms with E-state index in [2.05, 4.69) is 4.98 Å². The van der Waals surface area contributed by atoms with Crippen LogP contribution in [0.1, 0.15) is 22.9 Å². The van der Waals surface area contributed by atoms with Gasteiger partial charge in [0.15, 0.2) is 0 Å². The van der Waals surface area contributed by atoms with Crippen LogP contribution in [0.3, 0.4) is 0 Å². The van der Waals surface area contributed by atoms with Gasteiger partial charge in [0.25, 0.3) is 0 Å². The number of rotatable bonds is 2. The van der Waals surface area contributed by atoms with Crippen molar-refractivity contribution in [3.05, 3.63) is 59.4 Å². The average molecular weight is 241 g/mol. The fraction of sp³-hybridized carbons (Fsp3) is 0.167. The lowest BCUT2D eigenvalue weighted by atomic mass is 10.0. The van der Waals surface area contributed by atoms with Crippen molar-refractivity contribution in [2.75, 3.05) is 0 Å². The highest BCUT2D eigenvalue weighted by atomic mass is 19.4. The number of aliphatic hydroxyl groups excluding tert-OH is 1. The van der Waals surface area contributed by atoms with Crippen molar-refractivity contribution in [2.24, 2.45) is 0 Å². The van der Waals surface area contributed by atoms with Gasteiger partial charge in [-0.15, -0.1) is 0 Å². The highest BCUT2D eigenvalue weighted by Crippen LogP contribution is 2.35. The van der Waals surface area contributed by atoms with Crippen molar-refractivity contribution in [3.63, 3.8) is 0 Å². The lowest BCUT2D eigenvalue weighted by molar-refractivity contribution is -0.138. The first-order valence-corrected chi connectivity index (χ1v) is 4.97. The number of halogens is 3. The van der Waals surface area contributed by atoms with Gasteiger partial charge in [-0.05, 0) is 11.6 Å². The number of alkyl halides is 3. The highest BCUT2D eigenvalue weighted by molar-refractivity contribution is 5.33. The Labute approximate surface area is 95.7 Å². The quantitative estimate of drug-likeness (QED) is 0.832. The maximum Gasteiger partial charge on any atom is 0.418 e. The van der Waals surface area contributed by atoms with Gasteiger partial charge >= 0.3 is 6.18 Å². The molecular weight excluding hydrogens is 231 g/mol. The molecule has 0 amide bonds. The van der Waals surface area contributed by atoms with Crippen LogP contribution in [-0.2, 0) is 6.18 Å². The third-order valence-corrected chi connectivity index (χ3v) is 2.47. The molecule has 2 aromatic rings. The second-order valence-corrected chi connectivity index (χ2v) is 3.62.